The van der Waals surface area contributed by atoms with Crippen molar-refractivity contribution < 1.29 is 9.18 Å². The van der Waals surface area contributed by atoms with Crippen LogP contribution in [0, 0.1) is 12.7 Å². The Kier molecular flexibility index (Phi) is 5.85. The van der Waals surface area contributed by atoms with Gasteiger partial charge in [-0.25, -0.2) is 28.5 Å². The maximum atomic E-state index is 13.8. The molecule has 0 radical (unpaired) electrons. The van der Waals surface area contributed by atoms with Gasteiger partial charge in [-0.05, 0) is 31.2 Å². The van der Waals surface area contributed by atoms with E-state index in [1.54, 1.807) is 36.1 Å². The van der Waals surface area contributed by atoms with Gasteiger partial charge >= 0.3 is 6.03 Å². The van der Waals surface area contributed by atoms with Gasteiger partial charge in [-0.2, -0.15) is 10.2 Å². The van der Waals surface area contributed by atoms with Gasteiger partial charge in [0.2, 0.25) is 0 Å². The van der Waals surface area contributed by atoms with Crippen molar-refractivity contribution in [3.63, 3.8) is 0 Å². The number of nitrogens with zero attached hydrogens (tertiary/aromatic N) is 7. The third kappa shape index (κ3) is 4.67. The zero-order valence-corrected chi connectivity index (χ0v) is 17.1. The highest BCUT2D eigenvalue weighted by Gasteiger charge is 2.13. The number of carbonyl (C=O) groups is 1. The van der Waals surface area contributed by atoms with Crippen LogP contribution in [0.3, 0.4) is 0 Å². The van der Waals surface area contributed by atoms with Crippen molar-refractivity contribution >= 4 is 17.6 Å². The Morgan fingerprint density at radius 3 is 2.68 bits per heavy atom. The summed E-state index contributed by atoms with van der Waals surface area (Å²) in [5.41, 5.74) is 1.18. The first-order valence-electron chi connectivity index (χ1n) is 9.20. The van der Waals surface area contributed by atoms with Gasteiger partial charge in [0.25, 0.3) is 0 Å². The van der Waals surface area contributed by atoms with E-state index in [4.69, 9.17) is 11.6 Å². The molecule has 1 aromatic carbocycles. The van der Waals surface area contributed by atoms with Crippen LogP contribution < -0.4 is 10.6 Å². The number of carbonyl (C=O) groups excluding carboxylic acids is 1. The summed E-state index contributed by atoms with van der Waals surface area (Å²) >= 11 is 5.74. The molecule has 0 atom stereocenters. The Labute approximate surface area is 181 Å². The van der Waals surface area contributed by atoms with Crippen LogP contribution >= 0.6 is 11.6 Å². The quantitative estimate of drug-likeness (QED) is 0.474. The molecule has 0 fully saturated rings. The lowest BCUT2D eigenvalue weighted by Crippen LogP contribution is -2.36. The second kappa shape index (κ2) is 8.88. The zero-order chi connectivity index (χ0) is 21.8. The lowest BCUT2D eigenvalue weighted by molar-refractivity contribution is 0.239. The van der Waals surface area contributed by atoms with Crippen LogP contribution in [-0.2, 0) is 13.1 Å². The molecule has 0 bridgehead atoms. The van der Waals surface area contributed by atoms with Crippen molar-refractivity contribution in [2.45, 2.75) is 20.0 Å². The molecule has 3 aromatic heterocycles. The van der Waals surface area contributed by atoms with Crippen LogP contribution in [0.5, 0.6) is 0 Å². The summed E-state index contributed by atoms with van der Waals surface area (Å²) in [7, 11) is 0. The van der Waals surface area contributed by atoms with E-state index in [0.29, 0.717) is 23.2 Å². The largest absolute Gasteiger partial charge is 0.331 e. The van der Waals surface area contributed by atoms with Crippen molar-refractivity contribution in [3.8, 4) is 11.4 Å². The number of amides is 2. The summed E-state index contributed by atoms with van der Waals surface area (Å²) in [5.74, 6) is 0.894. The van der Waals surface area contributed by atoms with E-state index in [0.717, 1.165) is 5.69 Å². The zero-order valence-electron chi connectivity index (χ0n) is 16.3. The minimum absolute atomic E-state index is 0.0128. The molecule has 158 valence electrons. The molecular weight excluding hydrogens is 425 g/mol. The normalized spacial score (nSPS) is 10.8. The van der Waals surface area contributed by atoms with E-state index in [1.807, 2.05) is 6.07 Å². The van der Waals surface area contributed by atoms with E-state index in [9.17, 15) is 9.18 Å². The standard InChI is InChI=1S/C19H17ClFN9O/c1-12-27-18(30(28-12)13-4-5-15(20)16(21)7-13)10-24-19(31)23-9-17-25-11-26-29(17)14-3-2-6-22-8-14/h2-8,11H,9-10H2,1H3,(H2,23,24,31). The van der Waals surface area contributed by atoms with Crippen LogP contribution in [0.1, 0.15) is 17.5 Å². The Morgan fingerprint density at radius 1 is 1.13 bits per heavy atom. The predicted octanol–water partition coefficient (Wildman–Crippen LogP) is 2.34. The number of nitrogens with one attached hydrogen (secondary N) is 2. The monoisotopic (exact) mass is 441 g/mol. The molecular formula is C19H17ClFN9O. The van der Waals surface area contributed by atoms with E-state index >= 15 is 0 Å². The van der Waals surface area contributed by atoms with Gasteiger partial charge in [-0.1, -0.05) is 11.6 Å². The fourth-order valence-corrected chi connectivity index (χ4v) is 2.98. The second-order valence-electron chi connectivity index (χ2n) is 6.42. The van der Waals surface area contributed by atoms with Crippen LogP contribution in [0.15, 0.2) is 49.1 Å². The average Bonchev–Trinajstić information content (AvgIpc) is 3.39. The van der Waals surface area contributed by atoms with Crippen molar-refractivity contribution in [1.82, 2.24) is 45.1 Å². The number of urea groups is 1. The van der Waals surface area contributed by atoms with Gasteiger partial charge in [0, 0.05) is 12.3 Å². The fourth-order valence-electron chi connectivity index (χ4n) is 2.86. The summed E-state index contributed by atoms with van der Waals surface area (Å²) in [6.07, 6.45) is 4.70. The third-order valence-electron chi connectivity index (χ3n) is 4.25. The summed E-state index contributed by atoms with van der Waals surface area (Å²) in [4.78, 5) is 24.8. The van der Waals surface area contributed by atoms with Crippen molar-refractivity contribution in [1.29, 1.82) is 0 Å². The minimum atomic E-state index is -0.568. The van der Waals surface area contributed by atoms with Crippen molar-refractivity contribution in [2.24, 2.45) is 0 Å². The van der Waals surface area contributed by atoms with Gasteiger partial charge in [0.05, 0.1) is 35.7 Å². The second-order valence-corrected chi connectivity index (χ2v) is 6.83. The Hall–Kier alpha value is -3.86. The number of hydrogen-bond acceptors (Lipinski definition) is 6. The molecule has 2 amide bonds. The van der Waals surface area contributed by atoms with Gasteiger partial charge in [0.1, 0.15) is 18.0 Å². The number of hydrogen-bond donors (Lipinski definition) is 2. The average molecular weight is 442 g/mol. The van der Waals surface area contributed by atoms with Crippen LogP contribution in [-0.4, -0.2) is 40.5 Å². The maximum absolute atomic E-state index is 13.8. The summed E-state index contributed by atoms with van der Waals surface area (Å²) in [6, 6.07) is 7.49. The van der Waals surface area contributed by atoms with Crippen molar-refractivity contribution in [2.75, 3.05) is 0 Å². The molecule has 10 nitrogen and oxygen atoms in total. The molecule has 4 rings (SSSR count). The smallest absolute Gasteiger partial charge is 0.315 e. The van der Waals surface area contributed by atoms with E-state index in [1.165, 1.54) is 23.1 Å². The molecule has 3 heterocycles. The molecule has 12 heteroatoms. The molecule has 0 spiro atoms. The Balaban J connectivity index is 1.39. The highest BCUT2D eigenvalue weighted by Crippen LogP contribution is 2.19. The van der Waals surface area contributed by atoms with E-state index < -0.39 is 11.8 Å². The highest BCUT2D eigenvalue weighted by molar-refractivity contribution is 6.30. The van der Waals surface area contributed by atoms with Crippen LogP contribution in [0.2, 0.25) is 5.02 Å². The molecule has 2 N–H and O–H groups in total. The van der Waals surface area contributed by atoms with E-state index in [-0.39, 0.29) is 18.1 Å². The fraction of sp³-hybridized carbons (Fsp3) is 0.158. The highest BCUT2D eigenvalue weighted by atomic mass is 35.5. The van der Waals surface area contributed by atoms with Crippen molar-refractivity contribution in [3.05, 3.63) is 77.4 Å². The number of benzene rings is 1. The van der Waals surface area contributed by atoms with Gasteiger partial charge in [0.15, 0.2) is 11.6 Å². The molecule has 0 aliphatic rings. The lowest BCUT2D eigenvalue weighted by atomic mass is 10.3. The van der Waals surface area contributed by atoms with Gasteiger partial charge in [-0.15, -0.1) is 0 Å². The Bertz CT molecular complexity index is 1210. The topological polar surface area (TPSA) is 115 Å². The summed E-state index contributed by atoms with van der Waals surface area (Å²) < 4.78 is 16.9. The van der Waals surface area contributed by atoms with Gasteiger partial charge < -0.3 is 10.6 Å². The maximum Gasteiger partial charge on any atom is 0.315 e. The molecule has 0 saturated heterocycles. The number of rotatable bonds is 6. The predicted molar refractivity (Wildman–Crippen MR) is 109 cm³/mol. The lowest BCUT2D eigenvalue weighted by Gasteiger charge is -2.10. The van der Waals surface area contributed by atoms with Crippen LogP contribution in [0.4, 0.5) is 9.18 Å². The summed E-state index contributed by atoms with van der Waals surface area (Å²) in [6.45, 7) is 1.93. The summed E-state index contributed by atoms with van der Waals surface area (Å²) in [5, 5.41) is 13.8. The first-order valence-corrected chi connectivity index (χ1v) is 9.58. The molecule has 0 saturated carbocycles. The van der Waals surface area contributed by atoms with Gasteiger partial charge in [-0.3, -0.25) is 4.98 Å². The molecule has 31 heavy (non-hydrogen) atoms. The molecule has 4 aromatic rings. The number of aryl methyl sites for hydroxylation is 1. The van der Waals surface area contributed by atoms with Crippen LogP contribution in [0.25, 0.3) is 11.4 Å². The molecule has 0 aliphatic carbocycles. The number of halogens is 2. The number of aromatic nitrogens is 7. The minimum Gasteiger partial charge on any atom is -0.331 e. The first kappa shape index (κ1) is 20.4. The SMILES string of the molecule is Cc1nc(CNC(=O)NCc2ncnn2-c2cccnc2)n(-c2ccc(Cl)c(F)c2)n1. The third-order valence-corrected chi connectivity index (χ3v) is 4.56. The molecule has 0 unspecified atom stereocenters. The Morgan fingerprint density at radius 2 is 1.94 bits per heavy atom. The molecule has 0 aliphatic heterocycles. The number of pyridine rings is 1. The first-order chi connectivity index (χ1) is 15.0. The van der Waals surface area contributed by atoms with E-state index in [2.05, 4.69) is 35.8 Å².